The summed E-state index contributed by atoms with van der Waals surface area (Å²) in [5, 5.41) is 7.39. The maximum atomic E-state index is 12.2. The molecule has 2 heterocycles. The third-order valence-corrected chi connectivity index (χ3v) is 4.22. The molecule has 1 unspecified atom stereocenters. The van der Waals surface area contributed by atoms with Gasteiger partial charge in [0.15, 0.2) is 11.5 Å². The molecular weight excluding hydrogens is 306 g/mol. The van der Waals surface area contributed by atoms with Crippen LogP contribution < -0.4 is 14.8 Å². The number of hydrogen-bond donors (Lipinski definition) is 1. The molecule has 3 rings (SSSR count). The fourth-order valence-corrected chi connectivity index (χ4v) is 3.31. The molecule has 6 nitrogen and oxygen atoms in total. The molecule has 1 aliphatic heterocycles. The summed E-state index contributed by atoms with van der Waals surface area (Å²) in [4.78, 5) is 12.2. The number of benzene rings is 1. The zero-order chi connectivity index (χ0) is 17.4. The number of hydrogen-bond acceptors (Lipinski definition) is 4. The van der Waals surface area contributed by atoms with Crippen LogP contribution in [0.25, 0.3) is 0 Å². The molecule has 128 valence electrons. The molecule has 1 atom stereocenters. The van der Waals surface area contributed by atoms with Crippen LogP contribution in [0, 0.1) is 6.92 Å². The molecular formula is C18H23N3O3. The van der Waals surface area contributed by atoms with Gasteiger partial charge in [-0.05, 0) is 26.8 Å². The number of anilines is 1. The zero-order valence-corrected chi connectivity index (χ0v) is 14.7. The van der Waals surface area contributed by atoms with Crippen LogP contribution >= 0.6 is 0 Å². The van der Waals surface area contributed by atoms with Gasteiger partial charge in [0.05, 0.1) is 18.9 Å². The van der Waals surface area contributed by atoms with Gasteiger partial charge < -0.3 is 14.8 Å². The molecule has 1 aromatic heterocycles. The Kier molecular flexibility index (Phi) is 4.22. The molecule has 2 aromatic rings. The number of nitrogens with one attached hydrogen (secondary N) is 1. The first-order valence-corrected chi connectivity index (χ1v) is 8.09. The average molecular weight is 329 g/mol. The quantitative estimate of drug-likeness (QED) is 0.936. The van der Waals surface area contributed by atoms with Crippen molar-refractivity contribution in [3.8, 4) is 11.5 Å². The number of ether oxygens (including phenoxy) is 2. The van der Waals surface area contributed by atoms with E-state index in [9.17, 15) is 4.79 Å². The molecule has 24 heavy (non-hydrogen) atoms. The highest BCUT2D eigenvalue weighted by atomic mass is 16.5. The van der Waals surface area contributed by atoms with Crippen molar-refractivity contribution in [2.45, 2.75) is 39.2 Å². The van der Waals surface area contributed by atoms with E-state index in [1.54, 1.807) is 11.8 Å². The van der Waals surface area contributed by atoms with Gasteiger partial charge in [0.2, 0.25) is 5.91 Å². The molecule has 0 saturated carbocycles. The van der Waals surface area contributed by atoms with Gasteiger partial charge in [0.1, 0.15) is 5.82 Å². The van der Waals surface area contributed by atoms with E-state index in [4.69, 9.17) is 9.47 Å². The van der Waals surface area contributed by atoms with Crippen LogP contribution in [0.5, 0.6) is 11.5 Å². The highest BCUT2D eigenvalue weighted by molar-refractivity contribution is 5.94. The third-order valence-electron chi connectivity index (χ3n) is 4.22. The number of nitrogens with zero attached hydrogens (tertiary/aromatic N) is 2. The highest BCUT2D eigenvalue weighted by Crippen LogP contribution is 2.45. The molecule has 0 aliphatic carbocycles. The molecule has 6 heteroatoms. The van der Waals surface area contributed by atoms with Gasteiger partial charge in [-0.15, -0.1) is 0 Å². The average Bonchev–Trinajstić information content (AvgIpc) is 2.80. The second kappa shape index (κ2) is 6.19. The van der Waals surface area contributed by atoms with Crippen LogP contribution in [0.1, 0.15) is 43.0 Å². The molecule has 1 aromatic carbocycles. The maximum Gasteiger partial charge on any atom is 0.226 e. The summed E-state index contributed by atoms with van der Waals surface area (Å²) in [6, 6.07) is 5.81. The van der Waals surface area contributed by atoms with E-state index in [2.05, 4.69) is 10.4 Å². The summed E-state index contributed by atoms with van der Waals surface area (Å²) in [7, 11) is 3.46. The summed E-state index contributed by atoms with van der Waals surface area (Å²) >= 11 is 0. The molecule has 1 amide bonds. The lowest BCUT2D eigenvalue weighted by molar-refractivity contribution is -0.116. The zero-order valence-electron chi connectivity index (χ0n) is 14.7. The first-order valence-electron chi connectivity index (χ1n) is 8.09. The molecule has 0 saturated heterocycles. The summed E-state index contributed by atoms with van der Waals surface area (Å²) in [5.41, 5.74) is 2.91. The third kappa shape index (κ3) is 2.72. The largest absolute Gasteiger partial charge is 0.493 e. The van der Waals surface area contributed by atoms with Gasteiger partial charge in [-0.25, -0.2) is 0 Å². The molecule has 0 radical (unpaired) electrons. The fraction of sp³-hybridized carbons (Fsp3) is 0.444. The van der Waals surface area contributed by atoms with Crippen molar-refractivity contribution in [2.75, 3.05) is 12.4 Å². The van der Waals surface area contributed by atoms with Crippen LogP contribution in [0.4, 0.5) is 5.82 Å². The Morgan fingerprint density at radius 2 is 2.12 bits per heavy atom. The van der Waals surface area contributed by atoms with Crippen molar-refractivity contribution in [1.82, 2.24) is 9.78 Å². The van der Waals surface area contributed by atoms with Gasteiger partial charge in [0.25, 0.3) is 0 Å². The van der Waals surface area contributed by atoms with Crippen LogP contribution in [0.3, 0.4) is 0 Å². The Balaban J connectivity index is 2.18. The summed E-state index contributed by atoms with van der Waals surface area (Å²) in [6.07, 6.45) is 0.369. The smallest absolute Gasteiger partial charge is 0.226 e. The lowest BCUT2D eigenvalue weighted by atomic mass is 9.85. The second-order valence-electron chi connectivity index (χ2n) is 6.32. The van der Waals surface area contributed by atoms with Crippen molar-refractivity contribution in [3.63, 3.8) is 0 Å². The minimum absolute atomic E-state index is 0.00642. The van der Waals surface area contributed by atoms with E-state index < -0.39 is 0 Å². The SMILES string of the molecule is COc1cccc(C2CC(=O)Nc3c2c(C)nn3C)c1OC(C)C. The number of rotatable bonds is 4. The van der Waals surface area contributed by atoms with E-state index >= 15 is 0 Å². The number of aryl methyl sites for hydroxylation is 2. The lowest BCUT2D eigenvalue weighted by Gasteiger charge is -2.27. The van der Waals surface area contributed by atoms with E-state index in [0.717, 1.165) is 22.6 Å². The van der Waals surface area contributed by atoms with Gasteiger partial charge in [-0.3, -0.25) is 9.48 Å². The molecule has 1 aliphatic rings. The predicted octanol–water partition coefficient (Wildman–Crippen LogP) is 3.00. The molecule has 1 N–H and O–H groups in total. The number of amides is 1. The van der Waals surface area contributed by atoms with Gasteiger partial charge in [-0.1, -0.05) is 12.1 Å². The van der Waals surface area contributed by atoms with E-state index in [-0.39, 0.29) is 17.9 Å². The Bertz CT molecular complexity index is 780. The number of aromatic nitrogens is 2. The number of para-hydroxylation sites is 1. The lowest BCUT2D eigenvalue weighted by Crippen LogP contribution is -2.25. The predicted molar refractivity (Wildman–Crippen MR) is 91.8 cm³/mol. The van der Waals surface area contributed by atoms with Crippen LogP contribution in [0.15, 0.2) is 18.2 Å². The normalized spacial score (nSPS) is 16.8. The first kappa shape index (κ1) is 16.4. The fourth-order valence-electron chi connectivity index (χ4n) is 3.31. The van der Waals surface area contributed by atoms with E-state index in [1.807, 2.05) is 46.0 Å². The summed E-state index contributed by atoms with van der Waals surface area (Å²) in [6.45, 7) is 5.92. The number of fused-ring (bicyclic) bond motifs is 1. The van der Waals surface area contributed by atoms with Gasteiger partial charge in [0, 0.05) is 30.5 Å². The van der Waals surface area contributed by atoms with E-state index in [1.165, 1.54) is 0 Å². The monoisotopic (exact) mass is 329 g/mol. The maximum absolute atomic E-state index is 12.2. The van der Waals surface area contributed by atoms with Crippen molar-refractivity contribution in [2.24, 2.45) is 7.05 Å². The van der Waals surface area contributed by atoms with Gasteiger partial charge in [-0.2, -0.15) is 5.10 Å². The summed E-state index contributed by atoms with van der Waals surface area (Å²) < 4.78 is 13.2. The Labute approximate surface area is 141 Å². The molecule has 0 spiro atoms. The second-order valence-corrected chi connectivity index (χ2v) is 6.32. The van der Waals surface area contributed by atoms with Crippen molar-refractivity contribution >= 4 is 11.7 Å². The Morgan fingerprint density at radius 1 is 1.38 bits per heavy atom. The number of carbonyl (C=O) groups excluding carboxylic acids is 1. The van der Waals surface area contributed by atoms with Crippen LogP contribution in [-0.4, -0.2) is 28.9 Å². The standard InChI is InChI=1S/C18H23N3O3/c1-10(2)24-17-12(7-6-8-14(17)23-5)13-9-15(22)19-18-16(13)11(3)20-21(18)4/h6-8,10,13H,9H2,1-5H3,(H,19,22). The topological polar surface area (TPSA) is 65.4 Å². The van der Waals surface area contributed by atoms with Crippen LogP contribution in [-0.2, 0) is 11.8 Å². The number of carbonyl (C=O) groups is 1. The molecule has 0 fully saturated rings. The molecule has 0 bridgehead atoms. The van der Waals surface area contributed by atoms with Crippen molar-refractivity contribution in [3.05, 3.63) is 35.0 Å². The van der Waals surface area contributed by atoms with Gasteiger partial charge >= 0.3 is 0 Å². The van der Waals surface area contributed by atoms with E-state index in [0.29, 0.717) is 17.9 Å². The minimum Gasteiger partial charge on any atom is -0.493 e. The Morgan fingerprint density at radius 3 is 2.79 bits per heavy atom. The highest BCUT2D eigenvalue weighted by Gasteiger charge is 2.34. The first-order chi connectivity index (χ1) is 11.4. The number of methoxy groups -OCH3 is 1. The summed E-state index contributed by atoms with van der Waals surface area (Å²) in [5.74, 6) is 2.01. The minimum atomic E-state index is -0.105. The van der Waals surface area contributed by atoms with Crippen molar-refractivity contribution in [1.29, 1.82) is 0 Å². The Hall–Kier alpha value is -2.50. The van der Waals surface area contributed by atoms with Crippen molar-refractivity contribution < 1.29 is 14.3 Å². The van der Waals surface area contributed by atoms with Crippen LogP contribution in [0.2, 0.25) is 0 Å².